The fourth-order valence-electron chi connectivity index (χ4n) is 3.60. The molecule has 0 aromatic heterocycles. The number of rotatable bonds is 3. The molecule has 4 nitrogen and oxygen atoms in total. The lowest BCUT2D eigenvalue weighted by Crippen LogP contribution is -2.45. The van der Waals surface area contributed by atoms with Crippen LogP contribution in [0.2, 0.25) is 0 Å². The van der Waals surface area contributed by atoms with Gasteiger partial charge in [-0.3, -0.25) is 9.69 Å². The Kier molecular flexibility index (Phi) is 5.64. The maximum atomic E-state index is 12.1. The van der Waals surface area contributed by atoms with Crippen LogP contribution >= 0.6 is 0 Å². The molecule has 2 aliphatic rings. The summed E-state index contributed by atoms with van der Waals surface area (Å²) in [5.74, 6) is 1.71. The first kappa shape index (κ1) is 14.8. The third-order valence-electron chi connectivity index (χ3n) is 4.34. The lowest BCUT2D eigenvalue weighted by molar-refractivity contribution is -0.123. The standard InChI is InChI=1S/C15H29N3O/c1-12-8-13(2)10-14(9-12)17-15(19)11-18-6-3-4-16-5-7-18/h12-14,16H,3-11H2,1-2H3,(H,17,19). The van der Waals surface area contributed by atoms with Crippen molar-refractivity contribution in [3.63, 3.8) is 0 Å². The number of hydrogen-bond acceptors (Lipinski definition) is 3. The highest BCUT2D eigenvalue weighted by Gasteiger charge is 2.25. The van der Waals surface area contributed by atoms with Gasteiger partial charge in [0.1, 0.15) is 0 Å². The molecular weight excluding hydrogens is 238 g/mol. The van der Waals surface area contributed by atoms with Gasteiger partial charge in [-0.2, -0.15) is 0 Å². The van der Waals surface area contributed by atoms with E-state index in [2.05, 4.69) is 29.4 Å². The van der Waals surface area contributed by atoms with Crippen LogP contribution in [-0.4, -0.2) is 49.6 Å². The fourth-order valence-corrected chi connectivity index (χ4v) is 3.60. The van der Waals surface area contributed by atoms with E-state index in [-0.39, 0.29) is 5.91 Å². The molecular formula is C15H29N3O. The normalized spacial score (nSPS) is 33.7. The Morgan fingerprint density at radius 1 is 1.16 bits per heavy atom. The molecule has 0 aromatic carbocycles. The quantitative estimate of drug-likeness (QED) is 0.808. The summed E-state index contributed by atoms with van der Waals surface area (Å²) >= 11 is 0. The first-order chi connectivity index (χ1) is 9.13. The highest BCUT2D eigenvalue weighted by atomic mass is 16.2. The molecule has 1 aliphatic heterocycles. The van der Waals surface area contributed by atoms with Gasteiger partial charge in [0, 0.05) is 19.1 Å². The Morgan fingerprint density at radius 2 is 1.89 bits per heavy atom. The maximum absolute atomic E-state index is 12.1. The van der Waals surface area contributed by atoms with Gasteiger partial charge in [-0.05, 0) is 50.6 Å². The monoisotopic (exact) mass is 267 g/mol. The molecule has 0 aromatic rings. The molecule has 2 fully saturated rings. The second kappa shape index (κ2) is 7.25. The van der Waals surface area contributed by atoms with Crippen LogP contribution in [0.15, 0.2) is 0 Å². The molecule has 0 radical (unpaired) electrons. The molecule has 1 saturated heterocycles. The van der Waals surface area contributed by atoms with E-state index in [1.54, 1.807) is 0 Å². The van der Waals surface area contributed by atoms with Crippen molar-refractivity contribution in [2.75, 3.05) is 32.7 Å². The number of amides is 1. The van der Waals surface area contributed by atoms with Crippen molar-refractivity contribution >= 4 is 5.91 Å². The molecule has 110 valence electrons. The van der Waals surface area contributed by atoms with Gasteiger partial charge in [0.05, 0.1) is 6.54 Å². The van der Waals surface area contributed by atoms with Gasteiger partial charge >= 0.3 is 0 Å². The summed E-state index contributed by atoms with van der Waals surface area (Å²) in [6.45, 7) is 9.29. The van der Waals surface area contributed by atoms with Crippen LogP contribution < -0.4 is 10.6 Å². The van der Waals surface area contributed by atoms with E-state index in [0.29, 0.717) is 12.6 Å². The minimum Gasteiger partial charge on any atom is -0.352 e. The number of nitrogens with zero attached hydrogens (tertiary/aromatic N) is 1. The fraction of sp³-hybridized carbons (Fsp3) is 0.933. The predicted molar refractivity (Wildman–Crippen MR) is 78.0 cm³/mol. The van der Waals surface area contributed by atoms with Crippen LogP contribution in [0.25, 0.3) is 0 Å². The minimum atomic E-state index is 0.216. The number of nitrogens with one attached hydrogen (secondary N) is 2. The lowest BCUT2D eigenvalue weighted by atomic mass is 9.80. The van der Waals surface area contributed by atoms with E-state index in [4.69, 9.17) is 0 Å². The van der Waals surface area contributed by atoms with Gasteiger partial charge in [0.25, 0.3) is 0 Å². The average molecular weight is 267 g/mol. The number of hydrogen-bond donors (Lipinski definition) is 2. The molecule has 1 saturated carbocycles. The van der Waals surface area contributed by atoms with E-state index in [1.807, 2.05) is 0 Å². The molecule has 1 aliphatic carbocycles. The zero-order valence-corrected chi connectivity index (χ0v) is 12.5. The largest absolute Gasteiger partial charge is 0.352 e. The zero-order valence-electron chi connectivity index (χ0n) is 12.5. The minimum absolute atomic E-state index is 0.216. The van der Waals surface area contributed by atoms with E-state index in [0.717, 1.165) is 57.3 Å². The SMILES string of the molecule is CC1CC(C)CC(NC(=O)CN2CCCNCC2)C1. The van der Waals surface area contributed by atoms with E-state index in [1.165, 1.54) is 6.42 Å². The Labute approximate surface area is 117 Å². The molecule has 2 N–H and O–H groups in total. The van der Waals surface area contributed by atoms with Crippen molar-refractivity contribution < 1.29 is 4.79 Å². The Morgan fingerprint density at radius 3 is 2.63 bits per heavy atom. The van der Waals surface area contributed by atoms with Gasteiger partial charge in [0.15, 0.2) is 0 Å². The van der Waals surface area contributed by atoms with Crippen molar-refractivity contribution in [1.29, 1.82) is 0 Å². The molecule has 2 rings (SSSR count). The molecule has 0 bridgehead atoms. The van der Waals surface area contributed by atoms with Crippen LogP contribution in [0.1, 0.15) is 39.5 Å². The first-order valence-corrected chi connectivity index (χ1v) is 7.86. The van der Waals surface area contributed by atoms with Crippen LogP contribution in [0.3, 0.4) is 0 Å². The zero-order chi connectivity index (χ0) is 13.7. The molecule has 4 heteroatoms. The van der Waals surface area contributed by atoms with E-state index < -0.39 is 0 Å². The van der Waals surface area contributed by atoms with Crippen molar-refractivity contribution in [3.8, 4) is 0 Å². The predicted octanol–water partition coefficient (Wildman–Crippen LogP) is 1.22. The Balaban J connectivity index is 1.73. The molecule has 0 spiro atoms. The highest BCUT2D eigenvalue weighted by molar-refractivity contribution is 5.78. The second-order valence-electron chi connectivity index (χ2n) is 6.56. The van der Waals surface area contributed by atoms with Crippen LogP contribution in [-0.2, 0) is 4.79 Å². The van der Waals surface area contributed by atoms with Crippen LogP contribution in [0.4, 0.5) is 0 Å². The average Bonchev–Trinajstić information content (AvgIpc) is 2.55. The van der Waals surface area contributed by atoms with Gasteiger partial charge in [-0.25, -0.2) is 0 Å². The van der Waals surface area contributed by atoms with Gasteiger partial charge in [-0.1, -0.05) is 13.8 Å². The van der Waals surface area contributed by atoms with Crippen LogP contribution in [0.5, 0.6) is 0 Å². The third kappa shape index (κ3) is 5.11. The molecule has 19 heavy (non-hydrogen) atoms. The Bertz CT molecular complexity index is 277. The van der Waals surface area contributed by atoms with E-state index in [9.17, 15) is 4.79 Å². The summed E-state index contributed by atoms with van der Waals surface area (Å²) in [5.41, 5.74) is 0. The number of carbonyl (C=O) groups is 1. The van der Waals surface area contributed by atoms with Gasteiger partial charge in [-0.15, -0.1) is 0 Å². The van der Waals surface area contributed by atoms with Crippen molar-refractivity contribution in [3.05, 3.63) is 0 Å². The van der Waals surface area contributed by atoms with Crippen LogP contribution in [0, 0.1) is 11.8 Å². The summed E-state index contributed by atoms with van der Waals surface area (Å²) in [7, 11) is 0. The number of carbonyl (C=O) groups excluding carboxylic acids is 1. The summed E-state index contributed by atoms with van der Waals surface area (Å²) in [6.07, 6.45) is 4.75. The first-order valence-electron chi connectivity index (χ1n) is 7.86. The Hall–Kier alpha value is -0.610. The maximum Gasteiger partial charge on any atom is 0.234 e. The molecule has 2 unspecified atom stereocenters. The van der Waals surface area contributed by atoms with Crippen molar-refractivity contribution in [2.45, 2.75) is 45.6 Å². The molecule has 1 heterocycles. The smallest absolute Gasteiger partial charge is 0.234 e. The van der Waals surface area contributed by atoms with Gasteiger partial charge < -0.3 is 10.6 Å². The summed E-state index contributed by atoms with van der Waals surface area (Å²) in [6, 6.07) is 0.399. The lowest BCUT2D eigenvalue weighted by Gasteiger charge is -2.32. The van der Waals surface area contributed by atoms with Crippen molar-refractivity contribution in [2.24, 2.45) is 11.8 Å². The van der Waals surface area contributed by atoms with Crippen molar-refractivity contribution in [1.82, 2.24) is 15.5 Å². The summed E-state index contributed by atoms with van der Waals surface area (Å²) in [4.78, 5) is 14.4. The van der Waals surface area contributed by atoms with Gasteiger partial charge in [0.2, 0.25) is 5.91 Å². The third-order valence-corrected chi connectivity index (χ3v) is 4.34. The molecule has 1 amide bonds. The summed E-state index contributed by atoms with van der Waals surface area (Å²) < 4.78 is 0. The summed E-state index contributed by atoms with van der Waals surface area (Å²) in [5, 5.41) is 6.62. The highest BCUT2D eigenvalue weighted by Crippen LogP contribution is 2.28. The topological polar surface area (TPSA) is 44.4 Å². The second-order valence-corrected chi connectivity index (χ2v) is 6.56. The van der Waals surface area contributed by atoms with E-state index >= 15 is 0 Å². The molecule has 2 atom stereocenters.